The first-order chi connectivity index (χ1) is 10.2. The fraction of sp³-hybridized carbons (Fsp3) is 0.133. The monoisotopic (exact) mass is 301 g/mol. The number of pyridine rings is 2. The smallest absolute Gasteiger partial charge is 0.258 e. The lowest BCUT2D eigenvalue weighted by Gasteiger charge is -2.04. The van der Waals surface area contributed by atoms with E-state index >= 15 is 0 Å². The maximum absolute atomic E-state index is 12.1. The second kappa shape index (κ2) is 7.39. The molecule has 0 aromatic carbocycles. The Bertz CT molecular complexity index is 690. The molecule has 5 nitrogen and oxygen atoms in total. The van der Waals surface area contributed by atoms with Crippen LogP contribution < -0.4 is 5.32 Å². The molecular weight excluding hydrogens is 290 g/mol. The van der Waals surface area contributed by atoms with Crippen LogP contribution in [0.15, 0.2) is 36.8 Å². The van der Waals surface area contributed by atoms with E-state index < -0.39 is 0 Å². The van der Waals surface area contributed by atoms with Crippen molar-refractivity contribution in [2.75, 3.05) is 11.9 Å². The van der Waals surface area contributed by atoms with Gasteiger partial charge in [-0.1, -0.05) is 23.4 Å². The first-order valence-corrected chi connectivity index (χ1v) is 6.54. The Morgan fingerprint density at radius 1 is 1.33 bits per heavy atom. The fourth-order valence-corrected chi connectivity index (χ4v) is 1.60. The topological polar surface area (TPSA) is 75.1 Å². The molecule has 0 aliphatic carbocycles. The summed E-state index contributed by atoms with van der Waals surface area (Å²) in [7, 11) is 0. The first kappa shape index (κ1) is 15.0. The number of anilines is 1. The van der Waals surface area contributed by atoms with Gasteiger partial charge in [-0.15, -0.1) is 0 Å². The number of amides is 1. The highest BCUT2D eigenvalue weighted by Gasteiger charge is 2.07. The first-order valence-electron chi connectivity index (χ1n) is 6.17. The number of carbonyl (C=O) groups excluding carboxylic acids is 1. The summed E-state index contributed by atoms with van der Waals surface area (Å²) in [6, 6.07) is 4.88. The zero-order chi connectivity index (χ0) is 15.1. The predicted molar refractivity (Wildman–Crippen MR) is 80.0 cm³/mol. The largest absolute Gasteiger partial charge is 0.395 e. The van der Waals surface area contributed by atoms with Crippen molar-refractivity contribution in [3.05, 3.63) is 52.9 Å². The molecule has 0 saturated heterocycles. The van der Waals surface area contributed by atoms with Gasteiger partial charge < -0.3 is 10.4 Å². The normalized spacial score (nSPS) is 9.62. The molecule has 0 aliphatic heterocycles. The molecule has 2 heterocycles. The van der Waals surface area contributed by atoms with Gasteiger partial charge in [0.2, 0.25) is 0 Å². The number of rotatable bonds is 3. The van der Waals surface area contributed by atoms with Crippen molar-refractivity contribution in [1.82, 2.24) is 9.97 Å². The van der Waals surface area contributed by atoms with Crippen LogP contribution in [0.4, 0.5) is 5.82 Å². The van der Waals surface area contributed by atoms with E-state index in [0.29, 0.717) is 28.4 Å². The molecule has 21 heavy (non-hydrogen) atoms. The van der Waals surface area contributed by atoms with Gasteiger partial charge in [0, 0.05) is 30.6 Å². The highest BCUT2D eigenvalue weighted by atomic mass is 35.5. The molecule has 2 aromatic rings. The molecule has 1 amide bonds. The number of carbonyl (C=O) groups is 1. The third kappa shape index (κ3) is 4.56. The number of nitrogens with zero attached hydrogens (tertiary/aromatic N) is 2. The Balaban J connectivity index is 2.11. The van der Waals surface area contributed by atoms with Crippen LogP contribution in [0.5, 0.6) is 0 Å². The van der Waals surface area contributed by atoms with Crippen molar-refractivity contribution >= 4 is 23.3 Å². The van der Waals surface area contributed by atoms with Crippen molar-refractivity contribution in [3.63, 3.8) is 0 Å². The summed E-state index contributed by atoms with van der Waals surface area (Å²) in [4.78, 5) is 20.0. The van der Waals surface area contributed by atoms with E-state index in [9.17, 15) is 4.79 Å². The molecule has 0 aliphatic rings. The molecule has 6 heteroatoms. The molecule has 0 saturated carbocycles. The van der Waals surface area contributed by atoms with Crippen molar-refractivity contribution in [2.24, 2.45) is 0 Å². The standard InChI is InChI=1S/C15H12ClN3O2/c16-13-4-5-14(18-10-13)19-15(21)12-7-11(8-17-9-12)3-1-2-6-20/h4-5,7-10,20H,2,6H2,(H,18,19,21). The summed E-state index contributed by atoms with van der Waals surface area (Å²) in [6.07, 6.45) is 4.83. The van der Waals surface area contributed by atoms with Gasteiger partial charge in [-0.2, -0.15) is 0 Å². The van der Waals surface area contributed by atoms with Gasteiger partial charge in [-0.3, -0.25) is 9.78 Å². The molecule has 0 unspecified atom stereocenters. The molecule has 106 valence electrons. The van der Waals surface area contributed by atoms with Gasteiger partial charge in [0.25, 0.3) is 5.91 Å². The number of hydrogen-bond donors (Lipinski definition) is 2. The number of hydrogen-bond acceptors (Lipinski definition) is 4. The Morgan fingerprint density at radius 3 is 2.90 bits per heavy atom. The SMILES string of the molecule is O=C(Nc1ccc(Cl)cn1)c1cncc(C#CCCO)c1. The van der Waals surface area contributed by atoms with E-state index in [1.165, 1.54) is 12.4 Å². The lowest BCUT2D eigenvalue weighted by atomic mass is 10.2. The van der Waals surface area contributed by atoms with Gasteiger partial charge in [-0.05, 0) is 18.2 Å². The molecular formula is C15H12ClN3O2. The quantitative estimate of drug-likeness (QED) is 0.852. The third-order valence-corrected chi connectivity index (χ3v) is 2.66. The highest BCUT2D eigenvalue weighted by Crippen LogP contribution is 2.11. The van der Waals surface area contributed by atoms with Crippen molar-refractivity contribution in [3.8, 4) is 11.8 Å². The van der Waals surface area contributed by atoms with Gasteiger partial charge in [0.05, 0.1) is 17.2 Å². The molecule has 0 fully saturated rings. The zero-order valence-corrected chi connectivity index (χ0v) is 11.8. The van der Waals surface area contributed by atoms with Crippen LogP contribution >= 0.6 is 11.6 Å². The van der Waals surface area contributed by atoms with E-state index in [1.54, 1.807) is 24.4 Å². The van der Waals surface area contributed by atoms with E-state index in [-0.39, 0.29) is 12.5 Å². The Kier molecular flexibility index (Phi) is 5.27. The highest BCUT2D eigenvalue weighted by molar-refractivity contribution is 6.30. The van der Waals surface area contributed by atoms with Crippen LogP contribution in [0.2, 0.25) is 5.02 Å². The average Bonchev–Trinajstić information content (AvgIpc) is 2.50. The summed E-state index contributed by atoms with van der Waals surface area (Å²) in [5.41, 5.74) is 0.989. The average molecular weight is 302 g/mol. The Labute approximate surface area is 127 Å². The van der Waals surface area contributed by atoms with E-state index in [0.717, 1.165) is 0 Å². The van der Waals surface area contributed by atoms with Gasteiger partial charge in [0.1, 0.15) is 5.82 Å². The minimum Gasteiger partial charge on any atom is -0.395 e. The van der Waals surface area contributed by atoms with Crippen molar-refractivity contribution in [1.29, 1.82) is 0 Å². The second-order valence-corrected chi connectivity index (χ2v) is 4.49. The summed E-state index contributed by atoms with van der Waals surface area (Å²) < 4.78 is 0. The summed E-state index contributed by atoms with van der Waals surface area (Å²) in [5, 5.41) is 11.8. The number of aliphatic hydroxyl groups excluding tert-OH is 1. The van der Waals surface area contributed by atoms with Crippen LogP contribution in [-0.4, -0.2) is 27.6 Å². The van der Waals surface area contributed by atoms with Gasteiger partial charge >= 0.3 is 0 Å². The predicted octanol–water partition coefficient (Wildman–Crippen LogP) is 2.12. The molecule has 0 atom stereocenters. The Morgan fingerprint density at radius 2 is 2.19 bits per heavy atom. The zero-order valence-electron chi connectivity index (χ0n) is 11.0. The van der Waals surface area contributed by atoms with E-state index in [4.69, 9.17) is 16.7 Å². The Hall–Kier alpha value is -2.42. The van der Waals surface area contributed by atoms with Crippen molar-refractivity contribution < 1.29 is 9.90 Å². The minimum atomic E-state index is -0.330. The molecule has 2 aromatic heterocycles. The van der Waals surface area contributed by atoms with Gasteiger partial charge in [-0.25, -0.2) is 4.98 Å². The minimum absolute atomic E-state index is 0.00282. The van der Waals surface area contributed by atoms with Crippen LogP contribution in [0, 0.1) is 11.8 Å². The molecule has 0 spiro atoms. The summed E-state index contributed by atoms with van der Waals surface area (Å²) >= 11 is 5.73. The fourth-order valence-electron chi connectivity index (χ4n) is 1.49. The third-order valence-electron chi connectivity index (χ3n) is 2.44. The molecule has 0 radical (unpaired) electrons. The maximum Gasteiger partial charge on any atom is 0.258 e. The van der Waals surface area contributed by atoms with E-state index in [1.807, 2.05) is 0 Å². The molecule has 2 rings (SSSR count). The van der Waals surface area contributed by atoms with Crippen LogP contribution in [-0.2, 0) is 0 Å². The maximum atomic E-state index is 12.1. The van der Waals surface area contributed by atoms with Crippen LogP contribution in [0.1, 0.15) is 22.3 Å². The van der Waals surface area contributed by atoms with Crippen LogP contribution in [0.25, 0.3) is 0 Å². The van der Waals surface area contributed by atoms with E-state index in [2.05, 4.69) is 27.1 Å². The van der Waals surface area contributed by atoms with Crippen LogP contribution in [0.3, 0.4) is 0 Å². The summed E-state index contributed by atoms with van der Waals surface area (Å²) in [6.45, 7) is 0.00282. The second-order valence-electron chi connectivity index (χ2n) is 4.05. The van der Waals surface area contributed by atoms with Crippen molar-refractivity contribution in [2.45, 2.75) is 6.42 Å². The lowest BCUT2D eigenvalue weighted by molar-refractivity contribution is 0.102. The summed E-state index contributed by atoms with van der Waals surface area (Å²) in [5.74, 6) is 5.67. The number of halogens is 1. The molecule has 0 bridgehead atoms. The molecule has 2 N–H and O–H groups in total. The number of aliphatic hydroxyl groups is 1. The van der Waals surface area contributed by atoms with Gasteiger partial charge in [0.15, 0.2) is 0 Å². The number of nitrogens with one attached hydrogen (secondary N) is 1. The lowest BCUT2D eigenvalue weighted by Crippen LogP contribution is -2.13. The number of aromatic nitrogens is 2.